The smallest absolute Gasteiger partial charge is 0.250 e. The zero-order valence-electron chi connectivity index (χ0n) is 9.60. The molecule has 88 valence electrons. The number of pyridine rings is 1. The van der Waals surface area contributed by atoms with Gasteiger partial charge in [0.15, 0.2) is 0 Å². The van der Waals surface area contributed by atoms with Crippen molar-refractivity contribution in [2.24, 2.45) is 17.4 Å². The number of nitrogens with zero attached hydrogens (tertiary/aromatic N) is 1. The van der Waals surface area contributed by atoms with Crippen LogP contribution in [-0.2, 0) is 0 Å². The molecule has 1 unspecified atom stereocenters. The van der Waals surface area contributed by atoms with Gasteiger partial charge in [0.05, 0.1) is 5.56 Å². The third kappa shape index (κ3) is 3.51. The highest BCUT2D eigenvalue weighted by Gasteiger charge is 2.07. The Morgan fingerprint density at radius 1 is 1.50 bits per heavy atom. The van der Waals surface area contributed by atoms with E-state index < -0.39 is 5.91 Å². The fourth-order valence-corrected chi connectivity index (χ4v) is 1.10. The first kappa shape index (κ1) is 12.4. The monoisotopic (exact) mass is 222 g/mol. The molecule has 0 saturated carbocycles. The van der Waals surface area contributed by atoms with Gasteiger partial charge in [0.2, 0.25) is 5.91 Å². The van der Waals surface area contributed by atoms with Gasteiger partial charge in [0.25, 0.3) is 0 Å². The SMILES string of the molecule is CC(C)C(N)CNc1ccc(C(N)=O)cn1. The van der Waals surface area contributed by atoms with E-state index in [2.05, 4.69) is 24.1 Å². The first-order valence-electron chi connectivity index (χ1n) is 5.26. The zero-order chi connectivity index (χ0) is 12.1. The predicted octanol–water partition coefficient (Wildman–Crippen LogP) is 0.576. The van der Waals surface area contributed by atoms with E-state index in [-0.39, 0.29) is 6.04 Å². The molecule has 1 rings (SSSR count). The van der Waals surface area contributed by atoms with Crippen molar-refractivity contribution in [1.29, 1.82) is 0 Å². The van der Waals surface area contributed by atoms with Crippen molar-refractivity contribution < 1.29 is 4.79 Å². The first-order chi connectivity index (χ1) is 7.50. The lowest BCUT2D eigenvalue weighted by molar-refractivity contribution is 0.1000. The summed E-state index contributed by atoms with van der Waals surface area (Å²) in [7, 11) is 0. The van der Waals surface area contributed by atoms with Crippen molar-refractivity contribution in [2.75, 3.05) is 11.9 Å². The molecular formula is C11H18N4O. The van der Waals surface area contributed by atoms with Gasteiger partial charge >= 0.3 is 0 Å². The third-order valence-electron chi connectivity index (χ3n) is 2.42. The van der Waals surface area contributed by atoms with Crippen molar-refractivity contribution in [3.8, 4) is 0 Å². The third-order valence-corrected chi connectivity index (χ3v) is 2.42. The molecule has 0 aliphatic carbocycles. The van der Waals surface area contributed by atoms with Crippen LogP contribution >= 0.6 is 0 Å². The Labute approximate surface area is 95.2 Å². The van der Waals surface area contributed by atoms with Gasteiger partial charge in [-0.3, -0.25) is 4.79 Å². The van der Waals surface area contributed by atoms with Crippen LogP contribution in [0.15, 0.2) is 18.3 Å². The lowest BCUT2D eigenvalue weighted by Gasteiger charge is -2.16. The van der Waals surface area contributed by atoms with Crippen molar-refractivity contribution in [2.45, 2.75) is 19.9 Å². The number of aromatic nitrogens is 1. The highest BCUT2D eigenvalue weighted by Crippen LogP contribution is 2.05. The van der Waals surface area contributed by atoms with Gasteiger partial charge < -0.3 is 16.8 Å². The summed E-state index contributed by atoms with van der Waals surface area (Å²) in [5, 5.41) is 3.10. The molecule has 1 atom stereocenters. The summed E-state index contributed by atoms with van der Waals surface area (Å²) in [6, 6.07) is 3.43. The Bertz CT molecular complexity index is 348. The number of hydrogen-bond acceptors (Lipinski definition) is 4. The molecule has 1 amide bonds. The summed E-state index contributed by atoms with van der Waals surface area (Å²) in [6.07, 6.45) is 1.45. The maximum absolute atomic E-state index is 10.8. The number of rotatable bonds is 5. The number of primary amides is 1. The summed E-state index contributed by atoms with van der Waals surface area (Å²) in [6.45, 7) is 4.78. The van der Waals surface area contributed by atoms with E-state index in [0.29, 0.717) is 23.8 Å². The molecule has 0 fully saturated rings. The minimum absolute atomic E-state index is 0.0811. The number of carbonyl (C=O) groups excluding carboxylic acids is 1. The number of anilines is 1. The molecule has 0 spiro atoms. The number of nitrogens with one attached hydrogen (secondary N) is 1. The van der Waals surface area contributed by atoms with Crippen LogP contribution in [0.4, 0.5) is 5.82 Å². The lowest BCUT2D eigenvalue weighted by atomic mass is 10.1. The Morgan fingerprint density at radius 3 is 2.62 bits per heavy atom. The second-order valence-corrected chi connectivity index (χ2v) is 4.09. The zero-order valence-corrected chi connectivity index (χ0v) is 9.60. The molecule has 0 radical (unpaired) electrons. The summed E-state index contributed by atoms with van der Waals surface area (Å²) in [5.74, 6) is 0.636. The molecule has 0 saturated heterocycles. The van der Waals surface area contributed by atoms with Crippen LogP contribution in [0.3, 0.4) is 0 Å². The van der Waals surface area contributed by atoms with Gasteiger partial charge in [-0.15, -0.1) is 0 Å². The molecule has 0 aliphatic rings. The molecule has 1 aromatic rings. The Balaban J connectivity index is 2.53. The highest BCUT2D eigenvalue weighted by molar-refractivity contribution is 5.92. The number of nitrogens with two attached hydrogens (primary N) is 2. The van der Waals surface area contributed by atoms with Crippen molar-refractivity contribution >= 4 is 11.7 Å². The molecular weight excluding hydrogens is 204 g/mol. The molecule has 5 nitrogen and oxygen atoms in total. The van der Waals surface area contributed by atoms with Crippen LogP contribution in [0.25, 0.3) is 0 Å². The van der Waals surface area contributed by atoms with Gasteiger partial charge in [0, 0.05) is 18.8 Å². The molecule has 0 bridgehead atoms. The van der Waals surface area contributed by atoms with E-state index in [9.17, 15) is 4.79 Å². The lowest BCUT2D eigenvalue weighted by Crippen LogP contribution is -2.34. The van der Waals surface area contributed by atoms with Crippen LogP contribution in [0.1, 0.15) is 24.2 Å². The van der Waals surface area contributed by atoms with E-state index >= 15 is 0 Å². The summed E-state index contributed by atoms with van der Waals surface area (Å²) >= 11 is 0. The number of amides is 1. The fraction of sp³-hybridized carbons (Fsp3) is 0.455. The van der Waals surface area contributed by atoms with E-state index in [1.807, 2.05) is 0 Å². The summed E-state index contributed by atoms with van der Waals surface area (Å²) in [5.41, 5.74) is 11.4. The largest absolute Gasteiger partial charge is 0.369 e. The average Bonchev–Trinajstić information content (AvgIpc) is 2.26. The van der Waals surface area contributed by atoms with Crippen LogP contribution in [0.5, 0.6) is 0 Å². The second-order valence-electron chi connectivity index (χ2n) is 4.09. The molecule has 1 aromatic heterocycles. The summed E-state index contributed by atoms with van der Waals surface area (Å²) < 4.78 is 0. The molecule has 5 heteroatoms. The van der Waals surface area contributed by atoms with Crippen LogP contribution in [0.2, 0.25) is 0 Å². The topological polar surface area (TPSA) is 94.0 Å². The first-order valence-corrected chi connectivity index (χ1v) is 5.26. The van der Waals surface area contributed by atoms with Crippen LogP contribution in [0, 0.1) is 5.92 Å². The van der Waals surface area contributed by atoms with E-state index in [1.165, 1.54) is 6.20 Å². The number of carbonyl (C=O) groups is 1. The molecule has 0 aromatic carbocycles. The van der Waals surface area contributed by atoms with E-state index in [1.54, 1.807) is 12.1 Å². The Hall–Kier alpha value is -1.62. The normalized spacial score (nSPS) is 12.5. The summed E-state index contributed by atoms with van der Waals surface area (Å²) in [4.78, 5) is 14.9. The predicted molar refractivity (Wildman–Crippen MR) is 64.1 cm³/mol. The van der Waals surface area contributed by atoms with Crippen molar-refractivity contribution in [3.05, 3.63) is 23.9 Å². The Kier molecular flexibility index (Phi) is 4.25. The maximum atomic E-state index is 10.8. The van der Waals surface area contributed by atoms with Gasteiger partial charge in [-0.1, -0.05) is 13.8 Å². The molecule has 1 heterocycles. The van der Waals surface area contributed by atoms with Crippen LogP contribution in [-0.4, -0.2) is 23.5 Å². The molecule has 0 aliphatic heterocycles. The van der Waals surface area contributed by atoms with E-state index in [4.69, 9.17) is 11.5 Å². The van der Waals surface area contributed by atoms with Crippen LogP contribution < -0.4 is 16.8 Å². The van der Waals surface area contributed by atoms with Crippen molar-refractivity contribution in [1.82, 2.24) is 4.98 Å². The highest BCUT2D eigenvalue weighted by atomic mass is 16.1. The molecule has 5 N–H and O–H groups in total. The van der Waals surface area contributed by atoms with E-state index in [0.717, 1.165) is 0 Å². The maximum Gasteiger partial charge on any atom is 0.250 e. The quantitative estimate of drug-likeness (QED) is 0.679. The minimum atomic E-state index is -0.474. The minimum Gasteiger partial charge on any atom is -0.369 e. The second kappa shape index (κ2) is 5.46. The van der Waals surface area contributed by atoms with Gasteiger partial charge in [-0.25, -0.2) is 4.98 Å². The standard InChI is InChI=1S/C11H18N4O/c1-7(2)9(12)6-15-10-4-3-8(5-14-10)11(13)16/h3-5,7,9H,6,12H2,1-2H3,(H2,13,16)(H,14,15). The van der Waals surface area contributed by atoms with Crippen molar-refractivity contribution in [3.63, 3.8) is 0 Å². The number of hydrogen-bond donors (Lipinski definition) is 3. The Morgan fingerprint density at radius 2 is 2.19 bits per heavy atom. The van der Waals surface area contributed by atoms with Gasteiger partial charge in [-0.2, -0.15) is 0 Å². The average molecular weight is 222 g/mol. The molecule has 16 heavy (non-hydrogen) atoms. The fourth-order valence-electron chi connectivity index (χ4n) is 1.10. The van der Waals surface area contributed by atoms with Gasteiger partial charge in [-0.05, 0) is 18.1 Å². The van der Waals surface area contributed by atoms with Gasteiger partial charge in [0.1, 0.15) is 5.82 Å².